The standard InChI is InChI=1S/C14H19NO3/c1-2-9-18-11-5-3-10(4-6-11)15-13-8-7-12(13)14(16)17/h3-6,12-13,15H,2,7-9H2,1H3,(H,16,17). The third kappa shape index (κ3) is 2.94. The molecule has 1 aromatic carbocycles. The molecule has 1 aliphatic rings. The van der Waals surface area contributed by atoms with Gasteiger partial charge in [-0.3, -0.25) is 4.79 Å². The van der Waals surface area contributed by atoms with E-state index in [1.54, 1.807) is 0 Å². The van der Waals surface area contributed by atoms with Gasteiger partial charge in [-0.2, -0.15) is 0 Å². The van der Waals surface area contributed by atoms with Gasteiger partial charge < -0.3 is 15.2 Å². The van der Waals surface area contributed by atoms with Gasteiger partial charge >= 0.3 is 5.97 Å². The first kappa shape index (κ1) is 12.7. The van der Waals surface area contributed by atoms with E-state index in [-0.39, 0.29) is 12.0 Å². The summed E-state index contributed by atoms with van der Waals surface area (Å²) in [6, 6.07) is 7.74. The highest BCUT2D eigenvalue weighted by molar-refractivity contribution is 5.73. The Bertz CT molecular complexity index is 402. The maximum atomic E-state index is 10.9. The van der Waals surface area contributed by atoms with Crippen LogP contribution >= 0.6 is 0 Å². The average molecular weight is 249 g/mol. The predicted octanol–water partition coefficient (Wildman–Crippen LogP) is 2.75. The molecule has 0 aliphatic heterocycles. The van der Waals surface area contributed by atoms with Crippen LogP contribution < -0.4 is 10.1 Å². The van der Waals surface area contributed by atoms with Crippen molar-refractivity contribution in [3.8, 4) is 5.75 Å². The molecule has 1 aliphatic carbocycles. The van der Waals surface area contributed by atoms with E-state index < -0.39 is 5.97 Å². The molecule has 2 N–H and O–H groups in total. The number of carboxylic acid groups (broad SMARTS) is 1. The zero-order chi connectivity index (χ0) is 13.0. The van der Waals surface area contributed by atoms with Crippen LogP contribution in [0.15, 0.2) is 24.3 Å². The SMILES string of the molecule is CCCOc1ccc(NC2CCC2C(=O)O)cc1. The van der Waals surface area contributed by atoms with E-state index in [1.807, 2.05) is 24.3 Å². The Morgan fingerprint density at radius 2 is 2.11 bits per heavy atom. The van der Waals surface area contributed by atoms with Crippen LogP contribution in [-0.2, 0) is 4.79 Å². The second-order valence-electron chi connectivity index (χ2n) is 4.65. The van der Waals surface area contributed by atoms with E-state index >= 15 is 0 Å². The molecule has 2 rings (SSSR count). The Balaban J connectivity index is 1.88. The minimum Gasteiger partial charge on any atom is -0.494 e. The summed E-state index contributed by atoms with van der Waals surface area (Å²) in [5.74, 6) is -0.103. The van der Waals surface area contributed by atoms with Gasteiger partial charge in [0.1, 0.15) is 5.75 Å². The number of carbonyl (C=O) groups is 1. The molecule has 2 atom stereocenters. The minimum atomic E-state index is -0.707. The number of ether oxygens (including phenoxy) is 1. The van der Waals surface area contributed by atoms with Gasteiger partial charge in [0, 0.05) is 11.7 Å². The maximum Gasteiger partial charge on any atom is 0.308 e. The van der Waals surface area contributed by atoms with Crippen LogP contribution in [0.3, 0.4) is 0 Å². The number of carboxylic acids is 1. The number of aliphatic carboxylic acids is 1. The highest BCUT2D eigenvalue weighted by Gasteiger charge is 2.36. The summed E-state index contributed by atoms with van der Waals surface area (Å²) in [4.78, 5) is 10.9. The Kier molecular flexibility index (Phi) is 4.07. The first-order chi connectivity index (χ1) is 8.70. The Morgan fingerprint density at radius 1 is 1.39 bits per heavy atom. The van der Waals surface area contributed by atoms with E-state index in [0.29, 0.717) is 0 Å². The molecule has 0 spiro atoms. The molecule has 0 radical (unpaired) electrons. The van der Waals surface area contributed by atoms with Crippen molar-refractivity contribution in [1.82, 2.24) is 0 Å². The van der Waals surface area contributed by atoms with Crippen LogP contribution in [0.1, 0.15) is 26.2 Å². The lowest BCUT2D eigenvalue weighted by Crippen LogP contribution is -2.42. The maximum absolute atomic E-state index is 10.9. The summed E-state index contributed by atoms with van der Waals surface area (Å²) >= 11 is 0. The lowest BCUT2D eigenvalue weighted by molar-refractivity contribution is -0.144. The van der Waals surface area contributed by atoms with Crippen molar-refractivity contribution in [3.63, 3.8) is 0 Å². The third-order valence-corrected chi connectivity index (χ3v) is 3.27. The largest absolute Gasteiger partial charge is 0.494 e. The highest BCUT2D eigenvalue weighted by Crippen LogP contribution is 2.31. The monoisotopic (exact) mass is 249 g/mol. The molecular formula is C14H19NO3. The van der Waals surface area contributed by atoms with Crippen molar-refractivity contribution < 1.29 is 14.6 Å². The number of rotatable bonds is 6. The third-order valence-electron chi connectivity index (χ3n) is 3.27. The van der Waals surface area contributed by atoms with Gasteiger partial charge in [-0.15, -0.1) is 0 Å². The molecule has 1 saturated carbocycles. The molecule has 4 nitrogen and oxygen atoms in total. The van der Waals surface area contributed by atoms with Crippen molar-refractivity contribution in [2.45, 2.75) is 32.2 Å². The number of benzene rings is 1. The molecular weight excluding hydrogens is 230 g/mol. The second-order valence-corrected chi connectivity index (χ2v) is 4.65. The molecule has 2 unspecified atom stereocenters. The lowest BCUT2D eigenvalue weighted by atomic mass is 9.79. The Morgan fingerprint density at radius 3 is 2.61 bits per heavy atom. The molecule has 0 amide bonds. The molecule has 18 heavy (non-hydrogen) atoms. The van der Waals surface area contributed by atoms with E-state index in [1.165, 1.54) is 0 Å². The lowest BCUT2D eigenvalue weighted by Gasteiger charge is -2.34. The fourth-order valence-corrected chi connectivity index (χ4v) is 2.05. The van der Waals surface area contributed by atoms with Crippen LogP contribution in [0.25, 0.3) is 0 Å². The van der Waals surface area contributed by atoms with Crippen LogP contribution in [0, 0.1) is 5.92 Å². The Hall–Kier alpha value is -1.71. The topological polar surface area (TPSA) is 58.6 Å². The van der Waals surface area contributed by atoms with Crippen molar-refractivity contribution >= 4 is 11.7 Å². The van der Waals surface area contributed by atoms with Crippen molar-refractivity contribution in [2.75, 3.05) is 11.9 Å². The van der Waals surface area contributed by atoms with Gasteiger partial charge in [0.05, 0.1) is 12.5 Å². The van der Waals surface area contributed by atoms with Gasteiger partial charge in [0.15, 0.2) is 0 Å². The van der Waals surface area contributed by atoms with Crippen molar-refractivity contribution in [2.24, 2.45) is 5.92 Å². The first-order valence-corrected chi connectivity index (χ1v) is 6.43. The Labute approximate surface area is 107 Å². The predicted molar refractivity (Wildman–Crippen MR) is 70.0 cm³/mol. The smallest absolute Gasteiger partial charge is 0.308 e. The molecule has 0 heterocycles. The normalized spacial score (nSPS) is 22.1. The fraction of sp³-hybridized carbons (Fsp3) is 0.500. The average Bonchev–Trinajstić information content (AvgIpc) is 2.32. The van der Waals surface area contributed by atoms with Crippen LogP contribution in [0.4, 0.5) is 5.69 Å². The highest BCUT2D eigenvalue weighted by atomic mass is 16.5. The molecule has 4 heteroatoms. The van der Waals surface area contributed by atoms with E-state index in [0.717, 1.165) is 37.3 Å². The van der Waals surface area contributed by atoms with Crippen LogP contribution in [0.5, 0.6) is 5.75 Å². The molecule has 98 valence electrons. The van der Waals surface area contributed by atoms with E-state index in [4.69, 9.17) is 9.84 Å². The minimum absolute atomic E-state index is 0.0601. The fourth-order valence-electron chi connectivity index (χ4n) is 2.05. The summed E-state index contributed by atoms with van der Waals surface area (Å²) in [6.45, 7) is 2.79. The number of hydrogen-bond acceptors (Lipinski definition) is 3. The van der Waals surface area contributed by atoms with Gasteiger partial charge in [0.25, 0.3) is 0 Å². The summed E-state index contributed by atoms with van der Waals surface area (Å²) < 4.78 is 5.49. The molecule has 1 fully saturated rings. The quantitative estimate of drug-likeness (QED) is 0.814. The summed E-state index contributed by atoms with van der Waals surface area (Å²) in [5.41, 5.74) is 0.954. The second kappa shape index (κ2) is 5.76. The van der Waals surface area contributed by atoms with E-state index in [9.17, 15) is 4.79 Å². The zero-order valence-electron chi connectivity index (χ0n) is 10.6. The van der Waals surface area contributed by atoms with Gasteiger partial charge in [-0.25, -0.2) is 0 Å². The molecule has 0 bridgehead atoms. The summed E-state index contributed by atoms with van der Waals surface area (Å²) in [6.07, 6.45) is 2.68. The number of anilines is 1. The molecule has 1 aromatic rings. The van der Waals surface area contributed by atoms with E-state index in [2.05, 4.69) is 12.2 Å². The van der Waals surface area contributed by atoms with Crippen molar-refractivity contribution in [1.29, 1.82) is 0 Å². The van der Waals surface area contributed by atoms with Gasteiger partial charge in [0.2, 0.25) is 0 Å². The molecule has 0 saturated heterocycles. The van der Waals surface area contributed by atoms with Crippen LogP contribution in [-0.4, -0.2) is 23.7 Å². The summed E-state index contributed by atoms with van der Waals surface area (Å²) in [5, 5.41) is 12.2. The van der Waals surface area contributed by atoms with Crippen LogP contribution in [0.2, 0.25) is 0 Å². The zero-order valence-corrected chi connectivity index (χ0v) is 10.6. The number of hydrogen-bond donors (Lipinski definition) is 2. The van der Waals surface area contributed by atoms with Crippen molar-refractivity contribution in [3.05, 3.63) is 24.3 Å². The summed E-state index contributed by atoms with van der Waals surface area (Å²) in [7, 11) is 0. The van der Waals surface area contributed by atoms with Gasteiger partial charge in [-0.1, -0.05) is 6.92 Å². The van der Waals surface area contributed by atoms with Gasteiger partial charge in [-0.05, 0) is 43.5 Å². The number of nitrogens with one attached hydrogen (secondary N) is 1. The first-order valence-electron chi connectivity index (χ1n) is 6.43. The molecule has 0 aromatic heterocycles.